The summed E-state index contributed by atoms with van der Waals surface area (Å²) in [5.41, 5.74) is 0. The van der Waals surface area contributed by atoms with Crippen molar-refractivity contribution in [1.29, 1.82) is 0 Å². The van der Waals surface area contributed by atoms with E-state index in [0.717, 1.165) is 30.4 Å². The Morgan fingerprint density at radius 3 is 2.78 bits per heavy atom. The second-order valence-electron chi connectivity index (χ2n) is 4.37. The number of hydrogen-bond donors (Lipinski definition) is 0. The molecule has 2 rings (SSSR count). The quantitative estimate of drug-likeness (QED) is 0.848. The fourth-order valence-corrected chi connectivity index (χ4v) is 2.51. The van der Waals surface area contributed by atoms with Crippen molar-refractivity contribution in [2.45, 2.75) is 25.9 Å². The maximum absolute atomic E-state index is 12.1. The minimum absolute atomic E-state index is 0.0311. The van der Waals surface area contributed by atoms with Gasteiger partial charge in [0.25, 0.3) is 5.91 Å². The Bertz CT molecular complexity index is 447. The van der Waals surface area contributed by atoms with E-state index in [4.69, 9.17) is 16.3 Å². The van der Waals surface area contributed by atoms with Crippen LogP contribution in [0.15, 0.2) is 22.7 Å². The summed E-state index contributed by atoms with van der Waals surface area (Å²) in [6.07, 6.45) is 1.65. The molecule has 0 N–H and O–H groups in total. The van der Waals surface area contributed by atoms with E-state index < -0.39 is 6.10 Å². The Hall–Kier alpha value is -0.740. The van der Waals surface area contributed by atoms with Crippen molar-refractivity contribution >= 4 is 33.4 Å². The third-order valence-corrected chi connectivity index (χ3v) is 3.77. The lowest BCUT2D eigenvalue weighted by Crippen LogP contribution is -2.38. The largest absolute Gasteiger partial charge is 0.479 e. The van der Waals surface area contributed by atoms with Gasteiger partial charge in [-0.2, -0.15) is 0 Å². The lowest BCUT2D eigenvalue weighted by Gasteiger charge is -2.21. The molecule has 1 amide bonds. The first-order valence-electron chi connectivity index (χ1n) is 5.98. The highest BCUT2D eigenvalue weighted by Gasteiger charge is 2.24. The molecule has 1 aromatic rings. The summed E-state index contributed by atoms with van der Waals surface area (Å²) in [4.78, 5) is 13.9. The second kappa shape index (κ2) is 5.93. The number of nitrogens with zero attached hydrogens (tertiary/aromatic N) is 1. The van der Waals surface area contributed by atoms with Crippen LogP contribution >= 0.6 is 27.5 Å². The SMILES string of the molecule is CC(Oc1cc(Br)ccc1Cl)C(=O)N1CCCC1. The lowest BCUT2D eigenvalue weighted by molar-refractivity contribution is -0.136. The molecular weight excluding hydrogens is 318 g/mol. The molecule has 1 saturated heterocycles. The number of benzene rings is 1. The van der Waals surface area contributed by atoms with Crippen molar-refractivity contribution in [2.75, 3.05) is 13.1 Å². The van der Waals surface area contributed by atoms with Gasteiger partial charge in [0.1, 0.15) is 5.75 Å². The normalized spacial score (nSPS) is 16.7. The third kappa shape index (κ3) is 3.18. The molecule has 1 aliphatic rings. The zero-order valence-electron chi connectivity index (χ0n) is 10.2. The number of ether oxygens (including phenoxy) is 1. The van der Waals surface area contributed by atoms with Crippen LogP contribution in [0.25, 0.3) is 0 Å². The van der Waals surface area contributed by atoms with Gasteiger partial charge in [-0.3, -0.25) is 4.79 Å². The highest BCUT2D eigenvalue weighted by Crippen LogP contribution is 2.29. The van der Waals surface area contributed by atoms with Crippen LogP contribution in [0.5, 0.6) is 5.75 Å². The minimum Gasteiger partial charge on any atom is -0.479 e. The zero-order chi connectivity index (χ0) is 13.1. The van der Waals surface area contributed by atoms with E-state index in [1.807, 2.05) is 11.0 Å². The summed E-state index contributed by atoms with van der Waals surface area (Å²) in [6.45, 7) is 3.43. The minimum atomic E-state index is -0.505. The summed E-state index contributed by atoms with van der Waals surface area (Å²) < 4.78 is 6.52. The first-order chi connectivity index (χ1) is 8.58. The van der Waals surface area contributed by atoms with Gasteiger partial charge in [-0.1, -0.05) is 27.5 Å². The fourth-order valence-electron chi connectivity index (χ4n) is 2.00. The van der Waals surface area contributed by atoms with Crippen LogP contribution in [-0.4, -0.2) is 30.0 Å². The van der Waals surface area contributed by atoms with Crippen LogP contribution in [0.3, 0.4) is 0 Å². The van der Waals surface area contributed by atoms with Crippen LogP contribution < -0.4 is 4.74 Å². The molecule has 1 unspecified atom stereocenters. The van der Waals surface area contributed by atoms with Gasteiger partial charge >= 0.3 is 0 Å². The number of likely N-dealkylation sites (tertiary alicyclic amines) is 1. The molecule has 3 nitrogen and oxygen atoms in total. The maximum atomic E-state index is 12.1. The molecule has 18 heavy (non-hydrogen) atoms. The Balaban J connectivity index is 2.03. The number of halogens is 2. The van der Waals surface area contributed by atoms with Crippen molar-refractivity contribution in [2.24, 2.45) is 0 Å². The molecule has 1 atom stereocenters. The number of rotatable bonds is 3. The van der Waals surface area contributed by atoms with E-state index in [0.29, 0.717) is 10.8 Å². The van der Waals surface area contributed by atoms with E-state index in [1.165, 1.54) is 0 Å². The molecule has 5 heteroatoms. The highest BCUT2D eigenvalue weighted by molar-refractivity contribution is 9.10. The van der Waals surface area contributed by atoms with E-state index in [-0.39, 0.29) is 5.91 Å². The van der Waals surface area contributed by atoms with Gasteiger partial charge in [0.2, 0.25) is 0 Å². The van der Waals surface area contributed by atoms with Gasteiger partial charge < -0.3 is 9.64 Å². The lowest BCUT2D eigenvalue weighted by atomic mass is 10.3. The van der Waals surface area contributed by atoms with Crippen molar-refractivity contribution < 1.29 is 9.53 Å². The average molecular weight is 333 g/mol. The first kappa shape index (κ1) is 13.7. The molecule has 0 radical (unpaired) electrons. The summed E-state index contributed by atoms with van der Waals surface area (Å²) in [7, 11) is 0. The van der Waals surface area contributed by atoms with Crippen molar-refractivity contribution in [3.8, 4) is 5.75 Å². The van der Waals surface area contributed by atoms with Gasteiger partial charge in [-0.05, 0) is 38.0 Å². The monoisotopic (exact) mass is 331 g/mol. The Morgan fingerprint density at radius 2 is 2.11 bits per heavy atom. The predicted octanol–water partition coefficient (Wildman–Crippen LogP) is 3.49. The van der Waals surface area contributed by atoms with Crippen molar-refractivity contribution in [3.05, 3.63) is 27.7 Å². The van der Waals surface area contributed by atoms with E-state index in [1.54, 1.807) is 19.1 Å². The van der Waals surface area contributed by atoms with E-state index in [2.05, 4.69) is 15.9 Å². The molecule has 98 valence electrons. The van der Waals surface area contributed by atoms with Gasteiger partial charge in [0.05, 0.1) is 5.02 Å². The molecule has 0 bridgehead atoms. The molecule has 0 spiro atoms. The van der Waals surface area contributed by atoms with Crippen LogP contribution in [0.4, 0.5) is 0 Å². The number of amides is 1. The summed E-state index contributed by atoms with van der Waals surface area (Å²) in [5.74, 6) is 0.564. The molecule has 1 fully saturated rings. The average Bonchev–Trinajstić information content (AvgIpc) is 2.86. The van der Waals surface area contributed by atoms with Gasteiger partial charge in [0, 0.05) is 17.6 Å². The molecular formula is C13H15BrClNO2. The standard InChI is InChI=1S/C13H15BrClNO2/c1-9(13(17)16-6-2-3-7-16)18-12-8-10(14)4-5-11(12)15/h4-5,8-9H,2-3,6-7H2,1H3. The first-order valence-corrected chi connectivity index (χ1v) is 7.15. The molecule has 0 aliphatic carbocycles. The van der Waals surface area contributed by atoms with Crippen molar-refractivity contribution in [1.82, 2.24) is 4.90 Å². The maximum Gasteiger partial charge on any atom is 0.263 e. The van der Waals surface area contributed by atoms with Crippen LogP contribution in [0.1, 0.15) is 19.8 Å². The van der Waals surface area contributed by atoms with Crippen LogP contribution in [0, 0.1) is 0 Å². The van der Waals surface area contributed by atoms with E-state index >= 15 is 0 Å². The molecule has 0 aromatic heterocycles. The predicted molar refractivity (Wildman–Crippen MR) is 75.1 cm³/mol. The molecule has 1 aromatic carbocycles. The zero-order valence-corrected chi connectivity index (χ0v) is 12.5. The van der Waals surface area contributed by atoms with Gasteiger partial charge in [-0.25, -0.2) is 0 Å². The number of carbonyl (C=O) groups excluding carboxylic acids is 1. The second-order valence-corrected chi connectivity index (χ2v) is 5.69. The van der Waals surface area contributed by atoms with Gasteiger partial charge in [0.15, 0.2) is 6.10 Å². The molecule has 1 aliphatic heterocycles. The Kier molecular flexibility index (Phi) is 4.51. The number of hydrogen-bond acceptors (Lipinski definition) is 2. The molecule has 0 saturated carbocycles. The van der Waals surface area contributed by atoms with E-state index in [9.17, 15) is 4.79 Å². The summed E-state index contributed by atoms with van der Waals surface area (Å²) in [6, 6.07) is 5.35. The highest BCUT2D eigenvalue weighted by atomic mass is 79.9. The third-order valence-electron chi connectivity index (χ3n) is 2.96. The van der Waals surface area contributed by atoms with Crippen LogP contribution in [-0.2, 0) is 4.79 Å². The Morgan fingerprint density at radius 1 is 1.44 bits per heavy atom. The smallest absolute Gasteiger partial charge is 0.263 e. The Labute approximate surface area is 120 Å². The summed E-state index contributed by atoms with van der Waals surface area (Å²) in [5, 5.41) is 0.513. The fraction of sp³-hybridized carbons (Fsp3) is 0.462. The molecule has 1 heterocycles. The topological polar surface area (TPSA) is 29.5 Å². The van der Waals surface area contributed by atoms with Crippen LogP contribution in [0.2, 0.25) is 5.02 Å². The van der Waals surface area contributed by atoms with Gasteiger partial charge in [-0.15, -0.1) is 0 Å². The summed E-state index contributed by atoms with van der Waals surface area (Å²) >= 11 is 9.39. The van der Waals surface area contributed by atoms with Crippen molar-refractivity contribution in [3.63, 3.8) is 0 Å². The number of carbonyl (C=O) groups is 1.